The SMILES string of the molecule is CCOC(=O)C1CCCN(S(=O)(=O)c2ccc(-c3ncc(-c4ccccc4)o3)cc2)C1. The molecule has 31 heavy (non-hydrogen) atoms. The molecular formula is C23H24N2O5S. The average molecular weight is 441 g/mol. The number of oxazole rings is 1. The lowest BCUT2D eigenvalue weighted by Crippen LogP contribution is -2.42. The molecule has 1 saturated heterocycles. The summed E-state index contributed by atoms with van der Waals surface area (Å²) in [4.78, 5) is 16.5. The Kier molecular flexibility index (Phi) is 6.20. The van der Waals surface area contributed by atoms with Gasteiger partial charge in [0, 0.05) is 24.2 Å². The van der Waals surface area contributed by atoms with Crippen LogP contribution in [0.4, 0.5) is 0 Å². The number of benzene rings is 2. The van der Waals surface area contributed by atoms with Crippen LogP contribution in [0.5, 0.6) is 0 Å². The van der Waals surface area contributed by atoms with Crippen LogP contribution in [0.2, 0.25) is 0 Å². The molecule has 1 fully saturated rings. The fourth-order valence-electron chi connectivity index (χ4n) is 3.68. The highest BCUT2D eigenvalue weighted by Crippen LogP contribution is 2.28. The molecule has 162 valence electrons. The van der Waals surface area contributed by atoms with Crippen molar-refractivity contribution in [1.82, 2.24) is 9.29 Å². The summed E-state index contributed by atoms with van der Waals surface area (Å²) in [6.07, 6.45) is 2.91. The van der Waals surface area contributed by atoms with Crippen LogP contribution in [0.15, 0.2) is 70.1 Å². The van der Waals surface area contributed by atoms with Crippen molar-refractivity contribution in [1.29, 1.82) is 0 Å². The minimum atomic E-state index is -3.71. The zero-order chi connectivity index (χ0) is 21.8. The minimum absolute atomic E-state index is 0.142. The number of esters is 1. The highest BCUT2D eigenvalue weighted by atomic mass is 32.2. The van der Waals surface area contributed by atoms with Crippen LogP contribution >= 0.6 is 0 Å². The molecule has 0 amide bonds. The second-order valence-corrected chi connectivity index (χ2v) is 9.31. The lowest BCUT2D eigenvalue weighted by Gasteiger charge is -2.30. The third-order valence-electron chi connectivity index (χ3n) is 5.31. The number of carbonyl (C=O) groups excluding carboxylic acids is 1. The molecule has 4 rings (SSSR count). The van der Waals surface area contributed by atoms with E-state index in [2.05, 4.69) is 4.98 Å². The van der Waals surface area contributed by atoms with E-state index in [9.17, 15) is 13.2 Å². The molecule has 1 atom stereocenters. The largest absolute Gasteiger partial charge is 0.466 e. The summed E-state index contributed by atoms with van der Waals surface area (Å²) in [5, 5.41) is 0. The normalized spacial score (nSPS) is 17.4. The first kappa shape index (κ1) is 21.3. The molecule has 3 aromatic rings. The van der Waals surface area contributed by atoms with Gasteiger partial charge in [-0.2, -0.15) is 4.31 Å². The molecule has 0 bridgehead atoms. The molecule has 2 aromatic carbocycles. The summed E-state index contributed by atoms with van der Waals surface area (Å²) in [6.45, 7) is 2.56. The summed E-state index contributed by atoms with van der Waals surface area (Å²) in [6, 6.07) is 16.1. The van der Waals surface area contributed by atoms with E-state index in [1.807, 2.05) is 30.3 Å². The molecule has 2 heterocycles. The number of hydrogen-bond acceptors (Lipinski definition) is 6. The molecule has 1 aliphatic rings. The average Bonchev–Trinajstić information content (AvgIpc) is 3.30. The van der Waals surface area contributed by atoms with E-state index in [0.717, 1.165) is 5.56 Å². The van der Waals surface area contributed by atoms with Crippen LogP contribution in [0.1, 0.15) is 19.8 Å². The Balaban J connectivity index is 1.51. The predicted octanol–water partition coefficient (Wildman–Crippen LogP) is 3.97. The Morgan fingerprint density at radius 1 is 1.13 bits per heavy atom. The molecule has 0 spiro atoms. The van der Waals surface area contributed by atoms with E-state index in [0.29, 0.717) is 36.6 Å². The lowest BCUT2D eigenvalue weighted by atomic mass is 10.0. The van der Waals surface area contributed by atoms with E-state index in [1.54, 1.807) is 37.4 Å². The zero-order valence-corrected chi connectivity index (χ0v) is 18.0. The van der Waals surface area contributed by atoms with Crippen molar-refractivity contribution in [2.24, 2.45) is 5.92 Å². The van der Waals surface area contributed by atoms with Gasteiger partial charge in [0.05, 0.1) is 23.6 Å². The quantitative estimate of drug-likeness (QED) is 0.539. The third-order valence-corrected chi connectivity index (χ3v) is 7.19. The number of sulfonamides is 1. The van der Waals surface area contributed by atoms with Gasteiger partial charge >= 0.3 is 5.97 Å². The van der Waals surface area contributed by atoms with Crippen LogP contribution < -0.4 is 0 Å². The molecule has 0 aliphatic carbocycles. The van der Waals surface area contributed by atoms with Crippen LogP contribution in [0.3, 0.4) is 0 Å². The second kappa shape index (κ2) is 9.03. The Morgan fingerprint density at radius 2 is 1.87 bits per heavy atom. The summed E-state index contributed by atoms with van der Waals surface area (Å²) in [7, 11) is -3.71. The number of hydrogen-bond donors (Lipinski definition) is 0. The van der Waals surface area contributed by atoms with E-state index in [1.165, 1.54) is 4.31 Å². The third kappa shape index (κ3) is 4.55. The van der Waals surface area contributed by atoms with Crippen molar-refractivity contribution < 1.29 is 22.4 Å². The monoisotopic (exact) mass is 440 g/mol. The molecule has 0 radical (unpaired) electrons. The van der Waals surface area contributed by atoms with Crippen LogP contribution in [-0.2, 0) is 19.6 Å². The van der Waals surface area contributed by atoms with Crippen molar-refractivity contribution in [2.75, 3.05) is 19.7 Å². The first-order valence-corrected chi connectivity index (χ1v) is 11.7. The Bertz CT molecular complexity index is 1140. The maximum Gasteiger partial charge on any atom is 0.310 e. The van der Waals surface area contributed by atoms with Gasteiger partial charge in [-0.05, 0) is 44.0 Å². The molecule has 7 nitrogen and oxygen atoms in total. The van der Waals surface area contributed by atoms with E-state index < -0.39 is 15.9 Å². The maximum atomic E-state index is 13.1. The van der Waals surface area contributed by atoms with Crippen molar-refractivity contribution in [3.8, 4) is 22.8 Å². The van der Waals surface area contributed by atoms with Gasteiger partial charge in [0.2, 0.25) is 15.9 Å². The van der Waals surface area contributed by atoms with Crippen LogP contribution in [-0.4, -0.2) is 43.4 Å². The molecule has 1 aliphatic heterocycles. The fraction of sp³-hybridized carbons (Fsp3) is 0.304. The number of rotatable bonds is 6. The van der Waals surface area contributed by atoms with E-state index >= 15 is 0 Å². The number of aromatic nitrogens is 1. The molecule has 1 aromatic heterocycles. The zero-order valence-electron chi connectivity index (χ0n) is 17.2. The van der Waals surface area contributed by atoms with Gasteiger partial charge in [-0.25, -0.2) is 13.4 Å². The smallest absolute Gasteiger partial charge is 0.310 e. The number of nitrogens with zero attached hydrogens (tertiary/aromatic N) is 2. The fourth-order valence-corrected chi connectivity index (χ4v) is 5.20. The molecule has 0 N–H and O–H groups in total. The minimum Gasteiger partial charge on any atom is -0.466 e. The standard InChI is InChI=1S/C23H24N2O5S/c1-2-29-23(26)19-9-6-14-25(16-19)31(27,28)20-12-10-18(11-13-20)22-24-15-21(30-22)17-7-4-3-5-8-17/h3-5,7-8,10-13,15,19H,2,6,9,14,16H2,1H3. The van der Waals surface area contributed by atoms with Gasteiger partial charge in [0.15, 0.2) is 5.76 Å². The van der Waals surface area contributed by atoms with Gasteiger partial charge in [-0.15, -0.1) is 0 Å². The van der Waals surface area contributed by atoms with Gasteiger partial charge in [0.25, 0.3) is 0 Å². The molecule has 0 saturated carbocycles. The summed E-state index contributed by atoms with van der Waals surface area (Å²) in [5.74, 6) is 0.302. The molecule has 1 unspecified atom stereocenters. The Morgan fingerprint density at radius 3 is 2.58 bits per heavy atom. The van der Waals surface area contributed by atoms with E-state index in [4.69, 9.17) is 9.15 Å². The van der Waals surface area contributed by atoms with Crippen molar-refractivity contribution in [3.05, 3.63) is 60.8 Å². The van der Waals surface area contributed by atoms with Gasteiger partial charge in [0.1, 0.15) is 0 Å². The summed E-state index contributed by atoms with van der Waals surface area (Å²) < 4.78 is 38.4. The highest BCUT2D eigenvalue weighted by Gasteiger charge is 2.34. The van der Waals surface area contributed by atoms with Crippen LogP contribution in [0, 0.1) is 5.92 Å². The van der Waals surface area contributed by atoms with Gasteiger partial charge in [-0.1, -0.05) is 30.3 Å². The first-order valence-electron chi connectivity index (χ1n) is 10.3. The predicted molar refractivity (Wildman–Crippen MR) is 115 cm³/mol. The first-order chi connectivity index (χ1) is 15.0. The Hall–Kier alpha value is -2.97. The molecular weight excluding hydrogens is 416 g/mol. The number of carbonyl (C=O) groups is 1. The van der Waals surface area contributed by atoms with Crippen molar-refractivity contribution >= 4 is 16.0 Å². The topological polar surface area (TPSA) is 89.7 Å². The Labute approximate surface area is 181 Å². The number of piperidine rings is 1. The lowest BCUT2D eigenvalue weighted by molar-refractivity contribution is -0.149. The highest BCUT2D eigenvalue weighted by molar-refractivity contribution is 7.89. The van der Waals surface area contributed by atoms with Gasteiger partial charge < -0.3 is 9.15 Å². The van der Waals surface area contributed by atoms with E-state index in [-0.39, 0.29) is 24.0 Å². The van der Waals surface area contributed by atoms with Gasteiger partial charge in [-0.3, -0.25) is 4.79 Å². The van der Waals surface area contributed by atoms with Crippen molar-refractivity contribution in [3.63, 3.8) is 0 Å². The maximum absolute atomic E-state index is 13.1. The molecule has 8 heteroatoms. The van der Waals surface area contributed by atoms with Crippen LogP contribution in [0.25, 0.3) is 22.8 Å². The second-order valence-electron chi connectivity index (χ2n) is 7.37. The number of ether oxygens (including phenoxy) is 1. The summed E-state index contributed by atoms with van der Waals surface area (Å²) in [5.41, 5.74) is 1.60. The summed E-state index contributed by atoms with van der Waals surface area (Å²) >= 11 is 0. The van der Waals surface area contributed by atoms with Crippen molar-refractivity contribution in [2.45, 2.75) is 24.7 Å².